The van der Waals surface area contributed by atoms with Gasteiger partial charge in [-0.25, -0.2) is 0 Å². The molecular formula is C21H26N4O2. The molecule has 0 aliphatic carbocycles. The summed E-state index contributed by atoms with van der Waals surface area (Å²) in [5, 5.41) is 2.96. The van der Waals surface area contributed by atoms with Crippen LogP contribution in [0.1, 0.15) is 46.2 Å². The number of nitrogens with one attached hydrogen (secondary N) is 1. The molecule has 1 aliphatic rings. The molecule has 1 saturated heterocycles. The third-order valence-corrected chi connectivity index (χ3v) is 5.00. The van der Waals surface area contributed by atoms with E-state index in [1.807, 2.05) is 42.2 Å². The van der Waals surface area contributed by atoms with Crippen molar-refractivity contribution in [2.24, 2.45) is 0 Å². The Morgan fingerprint density at radius 2 is 1.74 bits per heavy atom. The van der Waals surface area contributed by atoms with E-state index < -0.39 is 0 Å². The Hall–Kier alpha value is -2.73. The first-order valence-electron chi connectivity index (χ1n) is 9.41. The van der Waals surface area contributed by atoms with Gasteiger partial charge in [0.1, 0.15) is 0 Å². The van der Waals surface area contributed by atoms with Crippen molar-refractivity contribution in [2.45, 2.75) is 19.9 Å². The molecule has 27 heavy (non-hydrogen) atoms. The molecule has 3 rings (SSSR count). The fraction of sp³-hybridized carbons (Fsp3) is 0.381. The van der Waals surface area contributed by atoms with E-state index in [1.165, 1.54) is 12.4 Å². The van der Waals surface area contributed by atoms with Gasteiger partial charge in [0.2, 0.25) is 0 Å². The summed E-state index contributed by atoms with van der Waals surface area (Å²) in [6, 6.07) is 11.3. The van der Waals surface area contributed by atoms with Crippen LogP contribution >= 0.6 is 0 Å². The van der Waals surface area contributed by atoms with Crippen molar-refractivity contribution >= 4 is 11.8 Å². The van der Waals surface area contributed by atoms with Crippen LogP contribution in [0.4, 0.5) is 0 Å². The minimum Gasteiger partial charge on any atom is -0.345 e. The maximum Gasteiger partial charge on any atom is 0.255 e. The monoisotopic (exact) mass is 366 g/mol. The third kappa shape index (κ3) is 4.71. The summed E-state index contributed by atoms with van der Waals surface area (Å²) >= 11 is 0. The summed E-state index contributed by atoms with van der Waals surface area (Å²) in [7, 11) is 0. The zero-order valence-electron chi connectivity index (χ0n) is 15.9. The highest BCUT2D eigenvalue weighted by molar-refractivity contribution is 5.99. The van der Waals surface area contributed by atoms with E-state index in [2.05, 4.69) is 22.1 Å². The first-order valence-corrected chi connectivity index (χ1v) is 9.41. The number of hydrogen-bond donors (Lipinski definition) is 1. The molecule has 0 spiro atoms. The molecule has 2 heterocycles. The predicted octanol–water partition coefficient (Wildman–Crippen LogP) is 2.35. The molecule has 1 unspecified atom stereocenters. The molecule has 1 aliphatic heterocycles. The van der Waals surface area contributed by atoms with E-state index in [-0.39, 0.29) is 17.9 Å². The van der Waals surface area contributed by atoms with Crippen molar-refractivity contribution in [3.63, 3.8) is 0 Å². The lowest BCUT2D eigenvalue weighted by molar-refractivity contribution is 0.0643. The fourth-order valence-corrected chi connectivity index (χ4v) is 3.24. The molecule has 1 atom stereocenters. The van der Waals surface area contributed by atoms with Gasteiger partial charge < -0.3 is 15.1 Å². The zero-order valence-corrected chi connectivity index (χ0v) is 15.9. The van der Waals surface area contributed by atoms with Crippen molar-refractivity contribution in [1.29, 1.82) is 0 Å². The van der Waals surface area contributed by atoms with Crippen molar-refractivity contribution < 1.29 is 9.59 Å². The number of likely N-dealkylation sites (N-methyl/N-ethyl adjacent to an activating group) is 1. The minimum atomic E-state index is -0.232. The van der Waals surface area contributed by atoms with Gasteiger partial charge in [0.05, 0.1) is 17.2 Å². The maximum atomic E-state index is 12.7. The van der Waals surface area contributed by atoms with Crippen molar-refractivity contribution in [2.75, 3.05) is 32.7 Å². The van der Waals surface area contributed by atoms with Gasteiger partial charge in [0, 0.05) is 38.6 Å². The smallest absolute Gasteiger partial charge is 0.255 e. The minimum absolute atomic E-state index is 0.0657. The molecule has 142 valence electrons. The van der Waals surface area contributed by atoms with Gasteiger partial charge in [-0.1, -0.05) is 37.3 Å². The number of pyridine rings is 1. The number of amides is 2. The van der Waals surface area contributed by atoms with Crippen molar-refractivity contribution in [3.05, 3.63) is 65.5 Å². The lowest BCUT2D eigenvalue weighted by atomic mass is 10.1. The Balaban J connectivity index is 1.66. The number of hydrogen-bond acceptors (Lipinski definition) is 4. The summed E-state index contributed by atoms with van der Waals surface area (Å²) in [6.45, 7) is 8.22. The number of carbonyl (C=O) groups excluding carboxylic acids is 2. The van der Waals surface area contributed by atoms with Crippen LogP contribution in [0.3, 0.4) is 0 Å². The third-order valence-electron chi connectivity index (χ3n) is 5.00. The van der Waals surface area contributed by atoms with Crippen LogP contribution in [-0.2, 0) is 0 Å². The van der Waals surface area contributed by atoms with E-state index in [4.69, 9.17) is 0 Å². The Morgan fingerprint density at radius 3 is 2.41 bits per heavy atom. The summed E-state index contributed by atoms with van der Waals surface area (Å²) in [5.74, 6) is -0.298. The van der Waals surface area contributed by atoms with E-state index >= 15 is 0 Å². The molecule has 2 aromatic rings. The van der Waals surface area contributed by atoms with Crippen LogP contribution in [0, 0.1) is 0 Å². The molecule has 1 aromatic carbocycles. The Labute approximate surface area is 160 Å². The van der Waals surface area contributed by atoms with Gasteiger partial charge in [-0.15, -0.1) is 0 Å². The van der Waals surface area contributed by atoms with Crippen molar-refractivity contribution in [3.8, 4) is 0 Å². The number of aromatic nitrogens is 1. The van der Waals surface area contributed by atoms with Crippen molar-refractivity contribution in [1.82, 2.24) is 20.1 Å². The molecule has 6 nitrogen and oxygen atoms in total. The van der Waals surface area contributed by atoms with Crippen LogP contribution in [0.5, 0.6) is 0 Å². The molecule has 6 heteroatoms. The molecule has 1 aromatic heterocycles. The normalized spacial score (nSPS) is 16.0. The van der Waals surface area contributed by atoms with Gasteiger partial charge in [-0.05, 0) is 25.1 Å². The Morgan fingerprint density at radius 1 is 1.07 bits per heavy atom. The first-order chi connectivity index (χ1) is 13.1. The number of rotatable bonds is 5. The lowest BCUT2D eigenvalue weighted by Gasteiger charge is -2.34. The van der Waals surface area contributed by atoms with Crippen LogP contribution in [0.2, 0.25) is 0 Å². The number of piperazine rings is 1. The summed E-state index contributed by atoms with van der Waals surface area (Å²) < 4.78 is 0. The second kappa shape index (κ2) is 8.77. The molecular weight excluding hydrogens is 340 g/mol. The van der Waals surface area contributed by atoms with Gasteiger partial charge >= 0.3 is 0 Å². The second-order valence-corrected chi connectivity index (χ2v) is 6.79. The Kier molecular flexibility index (Phi) is 6.19. The van der Waals surface area contributed by atoms with E-state index in [1.54, 1.807) is 6.07 Å². The van der Waals surface area contributed by atoms with Gasteiger partial charge in [-0.3, -0.25) is 14.6 Å². The van der Waals surface area contributed by atoms with Gasteiger partial charge in [-0.2, -0.15) is 0 Å². The van der Waals surface area contributed by atoms with Crippen LogP contribution in [-0.4, -0.2) is 59.3 Å². The van der Waals surface area contributed by atoms with Crippen LogP contribution in [0.25, 0.3) is 0 Å². The average molecular weight is 366 g/mol. The quantitative estimate of drug-likeness (QED) is 0.882. The average Bonchev–Trinajstić information content (AvgIpc) is 2.74. The number of carbonyl (C=O) groups is 2. The van der Waals surface area contributed by atoms with E-state index in [0.717, 1.165) is 25.2 Å². The number of nitrogens with zero attached hydrogens (tertiary/aromatic N) is 3. The summed E-state index contributed by atoms with van der Waals surface area (Å²) in [4.78, 5) is 33.6. The molecule has 0 radical (unpaired) electrons. The summed E-state index contributed by atoms with van der Waals surface area (Å²) in [6.07, 6.45) is 3.03. The van der Waals surface area contributed by atoms with Crippen LogP contribution < -0.4 is 5.32 Å². The molecule has 2 amide bonds. The second-order valence-electron chi connectivity index (χ2n) is 6.79. The largest absolute Gasteiger partial charge is 0.345 e. The SMILES string of the molecule is CCN1CCN(C(=O)c2cncc(C(=O)NC(C)c3ccccc3)c2)CC1. The molecule has 0 saturated carbocycles. The molecule has 1 N–H and O–H groups in total. The first kappa shape index (κ1) is 19.0. The predicted molar refractivity (Wildman–Crippen MR) is 105 cm³/mol. The maximum absolute atomic E-state index is 12.7. The standard InChI is InChI=1S/C21H26N4O2/c1-3-24-9-11-25(12-10-24)21(27)19-13-18(14-22-15-19)20(26)23-16(2)17-7-5-4-6-8-17/h4-8,13-16H,3,9-12H2,1-2H3,(H,23,26). The molecule has 1 fully saturated rings. The molecule has 0 bridgehead atoms. The summed E-state index contributed by atoms with van der Waals surface area (Å²) in [5.41, 5.74) is 1.88. The highest BCUT2D eigenvalue weighted by atomic mass is 16.2. The van der Waals surface area contributed by atoms with Crippen LogP contribution in [0.15, 0.2) is 48.8 Å². The lowest BCUT2D eigenvalue weighted by Crippen LogP contribution is -2.48. The van der Waals surface area contributed by atoms with E-state index in [0.29, 0.717) is 24.2 Å². The highest BCUT2D eigenvalue weighted by Crippen LogP contribution is 2.14. The van der Waals surface area contributed by atoms with E-state index in [9.17, 15) is 9.59 Å². The van der Waals surface area contributed by atoms with Gasteiger partial charge in [0.25, 0.3) is 11.8 Å². The fourth-order valence-electron chi connectivity index (χ4n) is 3.24. The number of benzene rings is 1. The zero-order chi connectivity index (χ0) is 19.2. The highest BCUT2D eigenvalue weighted by Gasteiger charge is 2.22. The topological polar surface area (TPSA) is 65.5 Å². The van der Waals surface area contributed by atoms with Gasteiger partial charge in [0.15, 0.2) is 0 Å². The Bertz CT molecular complexity index is 786.